The van der Waals surface area contributed by atoms with Crippen LogP contribution in [0.2, 0.25) is 0 Å². The monoisotopic (exact) mass is 374 g/mol. The van der Waals surface area contributed by atoms with E-state index in [2.05, 4.69) is 19.9 Å². The molecule has 0 heterocycles. The van der Waals surface area contributed by atoms with Gasteiger partial charge in [0.15, 0.2) is 5.78 Å². The molecule has 27 heavy (non-hydrogen) atoms. The lowest BCUT2D eigenvalue weighted by Gasteiger charge is -2.57. The van der Waals surface area contributed by atoms with E-state index in [1.165, 1.54) is 18.9 Å². The number of aliphatic hydroxyl groups is 1. The van der Waals surface area contributed by atoms with Crippen molar-refractivity contribution < 1.29 is 19.4 Å². The fraction of sp³-hybridized carbons (Fsp3) is 0.826. The normalized spacial score (nSPS) is 45.9. The Morgan fingerprint density at radius 2 is 1.93 bits per heavy atom. The number of carbonyl (C=O) groups is 2. The molecule has 0 amide bonds. The van der Waals surface area contributed by atoms with Crippen molar-refractivity contribution in [1.82, 2.24) is 0 Å². The zero-order chi connectivity index (χ0) is 19.4. The second kappa shape index (κ2) is 6.72. The number of hydrogen-bond acceptors (Lipinski definition) is 4. The van der Waals surface area contributed by atoms with Gasteiger partial charge in [-0.25, -0.2) is 0 Å². The molecule has 0 radical (unpaired) electrons. The van der Waals surface area contributed by atoms with Crippen molar-refractivity contribution in [2.45, 2.75) is 78.2 Å². The molecule has 150 valence electrons. The Hall–Kier alpha value is -1.16. The molecule has 0 bridgehead atoms. The van der Waals surface area contributed by atoms with Crippen molar-refractivity contribution in [3.63, 3.8) is 0 Å². The molecule has 0 spiro atoms. The summed E-state index contributed by atoms with van der Waals surface area (Å²) in [6.07, 6.45) is 10.6. The number of esters is 1. The molecule has 3 saturated carbocycles. The molecule has 0 aromatic carbocycles. The third kappa shape index (κ3) is 2.99. The molecular formula is C23H34O4. The average molecular weight is 375 g/mol. The van der Waals surface area contributed by atoms with E-state index in [-0.39, 0.29) is 41.2 Å². The zero-order valence-electron chi connectivity index (χ0n) is 17.0. The number of Topliss-reactive ketones (excluding diaryl/α,β-unsaturated/α-hetero) is 1. The van der Waals surface area contributed by atoms with Crippen LogP contribution in [0.5, 0.6) is 0 Å². The minimum Gasteiger partial charge on any atom is -0.458 e. The summed E-state index contributed by atoms with van der Waals surface area (Å²) in [4.78, 5) is 23.9. The zero-order valence-corrected chi connectivity index (χ0v) is 17.0. The maximum atomic E-state index is 12.8. The number of fused-ring (bicyclic) bond motifs is 5. The number of allylic oxidation sites excluding steroid dienone is 1. The van der Waals surface area contributed by atoms with Gasteiger partial charge in [0.1, 0.15) is 6.61 Å². The fourth-order valence-corrected chi connectivity index (χ4v) is 7.44. The Kier molecular flexibility index (Phi) is 4.77. The molecule has 0 saturated heterocycles. The van der Waals surface area contributed by atoms with Crippen LogP contribution in [0.1, 0.15) is 72.1 Å². The Bertz CT molecular complexity index is 667. The highest BCUT2D eigenvalue weighted by Crippen LogP contribution is 2.66. The third-order valence-corrected chi connectivity index (χ3v) is 8.88. The molecule has 4 rings (SSSR count). The second-order valence-corrected chi connectivity index (χ2v) is 10.1. The number of aliphatic hydroxyl groups excluding tert-OH is 1. The van der Waals surface area contributed by atoms with Crippen molar-refractivity contribution in [1.29, 1.82) is 0 Å². The summed E-state index contributed by atoms with van der Waals surface area (Å²) in [5, 5.41) is 10.1. The van der Waals surface area contributed by atoms with E-state index >= 15 is 0 Å². The van der Waals surface area contributed by atoms with Crippen LogP contribution in [0.3, 0.4) is 0 Å². The van der Waals surface area contributed by atoms with Crippen LogP contribution in [0.25, 0.3) is 0 Å². The van der Waals surface area contributed by atoms with E-state index in [0.717, 1.165) is 44.9 Å². The van der Waals surface area contributed by atoms with Gasteiger partial charge in [-0.2, -0.15) is 0 Å². The molecule has 4 heteroatoms. The standard InChI is InChI=1S/C23H34O4/c1-14(24)27-13-21(26)20-7-6-18-17-5-4-15-12-16(25)8-10-22(15,2)19(17)9-11-23(18,20)3/h4,16-20,25H,5-13H2,1-3H3/t16-,17-,18-,19-,20+,22+,23+/m0/s1. The molecule has 4 aliphatic rings. The third-order valence-electron chi connectivity index (χ3n) is 8.88. The number of ketones is 1. The molecule has 0 unspecified atom stereocenters. The van der Waals surface area contributed by atoms with Gasteiger partial charge in [-0.3, -0.25) is 9.59 Å². The molecule has 0 aromatic rings. The van der Waals surface area contributed by atoms with Gasteiger partial charge in [-0.1, -0.05) is 25.5 Å². The summed E-state index contributed by atoms with van der Waals surface area (Å²) in [5.74, 6) is 1.71. The van der Waals surface area contributed by atoms with Gasteiger partial charge in [0, 0.05) is 12.8 Å². The number of carbonyl (C=O) groups excluding carboxylic acids is 2. The Morgan fingerprint density at radius 1 is 1.15 bits per heavy atom. The smallest absolute Gasteiger partial charge is 0.303 e. The van der Waals surface area contributed by atoms with E-state index in [0.29, 0.717) is 17.8 Å². The predicted molar refractivity (Wildman–Crippen MR) is 103 cm³/mol. The van der Waals surface area contributed by atoms with Crippen LogP contribution in [0.4, 0.5) is 0 Å². The Labute approximate surface area is 162 Å². The lowest BCUT2D eigenvalue weighted by molar-refractivity contribution is -0.149. The van der Waals surface area contributed by atoms with Crippen LogP contribution in [0, 0.1) is 34.5 Å². The minimum atomic E-state index is -0.371. The van der Waals surface area contributed by atoms with Crippen molar-refractivity contribution in [3.8, 4) is 0 Å². The summed E-state index contributed by atoms with van der Waals surface area (Å²) in [7, 11) is 0. The maximum Gasteiger partial charge on any atom is 0.303 e. The number of ether oxygens (including phenoxy) is 1. The fourth-order valence-electron chi connectivity index (χ4n) is 7.44. The van der Waals surface area contributed by atoms with Crippen molar-refractivity contribution in [2.24, 2.45) is 34.5 Å². The van der Waals surface area contributed by atoms with Crippen molar-refractivity contribution in [3.05, 3.63) is 11.6 Å². The van der Waals surface area contributed by atoms with Gasteiger partial charge in [0.05, 0.1) is 6.10 Å². The van der Waals surface area contributed by atoms with E-state index in [9.17, 15) is 14.7 Å². The lowest BCUT2D eigenvalue weighted by Crippen LogP contribution is -2.51. The van der Waals surface area contributed by atoms with Crippen LogP contribution >= 0.6 is 0 Å². The first kappa shape index (κ1) is 19.2. The van der Waals surface area contributed by atoms with Crippen LogP contribution in [-0.2, 0) is 14.3 Å². The lowest BCUT2D eigenvalue weighted by atomic mass is 9.47. The highest BCUT2D eigenvalue weighted by atomic mass is 16.5. The number of rotatable bonds is 3. The molecular weight excluding hydrogens is 340 g/mol. The summed E-state index contributed by atoms with van der Waals surface area (Å²) in [6.45, 7) is 6.06. The van der Waals surface area contributed by atoms with Gasteiger partial charge < -0.3 is 9.84 Å². The first-order valence-corrected chi connectivity index (χ1v) is 10.8. The highest BCUT2D eigenvalue weighted by Gasteiger charge is 2.59. The van der Waals surface area contributed by atoms with E-state index < -0.39 is 0 Å². The van der Waals surface area contributed by atoms with Crippen LogP contribution in [0.15, 0.2) is 11.6 Å². The second-order valence-electron chi connectivity index (χ2n) is 10.1. The molecule has 3 fully saturated rings. The average Bonchev–Trinajstić information content (AvgIpc) is 2.97. The molecule has 1 N–H and O–H groups in total. The van der Waals surface area contributed by atoms with Crippen molar-refractivity contribution >= 4 is 11.8 Å². The topological polar surface area (TPSA) is 63.6 Å². The molecule has 7 atom stereocenters. The molecule has 0 aliphatic heterocycles. The first-order valence-electron chi connectivity index (χ1n) is 10.8. The quantitative estimate of drug-likeness (QED) is 0.598. The van der Waals surface area contributed by atoms with E-state index in [1.807, 2.05) is 0 Å². The molecule has 4 aliphatic carbocycles. The first-order chi connectivity index (χ1) is 12.8. The SMILES string of the molecule is CC(=O)OCC(=O)[C@H]1CC[C@H]2[C@@H]3CC=C4C[C@@H](O)CC[C@@]4(C)[C@H]3CC[C@@]12C. The van der Waals surface area contributed by atoms with Crippen molar-refractivity contribution in [2.75, 3.05) is 6.61 Å². The minimum absolute atomic E-state index is 0.0363. The van der Waals surface area contributed by atoms with E-state index in [4.69, 9.17) is 4.74 Å². The summed E-state index contributed by atoms with van der Waals surface area (Å²) in [6, 6.07) is 0. The molecule has 0 aromatic heterocycles. The Morgan fingerprint density at radius 3 is 2.67 bits per heavy atom. The largest absolute Gasteiger partial charge is 0.458 e. The van der Waals surface area contributed by atoms with Crippen LogP contribution < -0.4 is 0 Å². The molecule has 4 nitrogen and oxygen atoms in total. The van der Waals surface area contributed by atoms with Gasteiger partial charge in [0.2, 0.25) is 0 Å². The summed E-state index contributed by atoms with van der Waals surface area (Å²) >= 11 is 0. The predicted octanol–water partition coefficient (Wildman–Crippen LogP) is 4.06. The maximum absolute atomic E-state index is 12.8. The highest BCUT2D eigenvalue weighted by molar-refractivity contribution is 5.85. The Balaban J connectivity index is 1.55. The van der Waals surface area contributed by atoms with Gasteiger partial charge in [-0.05, 0) is 80.0 Å². The van der Waals surface area contributed by atoms with Gasteiger partial charge in [0.25, 0.3) is 0 Å². The van der Waals surface area contributed by atoms with E-state index in [1.54, 1.807) is 0 Å². The van der Waals surface area contributed by atoms with Gasteiger partial charge in [-0.15, -0.1) is 0 Å². The summed E-state index contributed by atoms with van der Waals surface area (Å²) < 4.78 is 5.02. The van der Waals surface area contributed by atoms with Crippen LogP contribution in [-0.4, -0.2) is 29.6 Å². The number of hydrogen-bond donors (Lipinski definition) is 1. The van der Waals surface area contributed by atoms with Gasteiger partial charge >= 0.3 is 5.97 Å². The summed E-state index contributed by atoms with van der Waals surface area (Å²) in [5.41, 5.74) is 1.78.